The molecule has 1 nitrogen and oxygen atoms in total. The van der Waals surface area contributed by atoms with E-state index in [1.165, 1.54) is 29.5 Å². The van der Waals surface area contributed by atoms with Gasteiger partial charge in [0.15, 0.2) is 0 Å². The second-order valence-electron chi connectivity index (χ2n) is 6.97. The van der Waals surface area contributed by atoms with Crippen LogP contribution in [0.15, 0.2) is 54.6 Å². The van der Waals surface area contributed by atoms with E-state index in [1.54, 1.807) is 0 Å². The maximum Gasteiger partial charge on any atom is -0.00164 e. The number of rotatable bonds is 7. The van der Waals surface area contributed by atoms with Crippen LogP contribution in [0.3, 0.4) is 0 Å². The molecule has 2 aromatic carbocycles. The van der Waals surface area contributed by atoms with Gasteiger partial charge < -0.3 is 4.90 Å². The highest BCUT2D eigenvalue weighted by molar-refractivity contribution is 5.29. The van der Waals surface area contributed by atoms with E-state index >= 15 is 0 Å². The first-order valence-electron chi connectivity index (χ1n) is 8.25. The van der Waals surface area contributed by atoms with Gasteiger partial charge in [-0.3, -0.25) is 0 Å². The fraction of sp³-hybridized carbons (Fsp3) is 0.429. The molecule has 0 aliphatic carbocycles. The van der Waals surface area contributed by atoms with E-state index in [2.05, 4.69) is 87.4 Å². The Hall–Kier alpha value is -1.60. The van der Waals surface area contributed by atoms with Crippen LogP contribution in [0, 0.1) is 6.92 Å². The zero-order chi connectivity index (χ0) is 16.0. The maximum absolute atomic E-state index is 2.42. The normalized spacial score (nSPS) is 14.0. The van der Waals surface area contributed by atoms with Gasteiger partial charge in [0.2, 0.25) is 0 Å². The Morgan fingerprint density at radius 1 is 0.909 bits per heavy atom. The number of benzene rings is 2. The average molecular weight is 295 g/mol. The van der Waals surface area contributed by atoms with E-state index in [1.807, 2.05) is 0 Å². The summed E-state index contributed by atoms with van der Waals surface area (Å²) in [6.07, 6.45) is 3.52. The standard InChI is InChI=1S/C21H29N/c1-18-9-8-12-20(17-18)21(2,15-16-22(3)4)14-13-19-10-6-5-7-11-19/h5-12,17H,13-16H2,1-4H3. The highest BCUT2D eigenvalue weighted by Crippen LogP contribution is 2.33. The summed E-state index contributed by atoms with van der Waals surface area (Å²) in [4.78, 5) is 2.29. The van der Waals surface area contributed by atoms with Crippen molar-refractivity contribution < 1.29 is 0 Å². The number of hydrogen-bond donors (Lipinski definition) is 0. The van der Waals surface area contributed by atoms with Gasteiger partial charge in [-0.2, -0.15) is 0 Å². The molecule has 0 aromatic heterocycles. The SMILES string of the molecule is Cc1cccc(C(C)(CCc2ccccc2)CCN(C)C)c1. The van der Waals surface area contributed by atoms with Crippen molar-refractivity contribution in [2.75, 3.05) is 20.6 Å². The van der Waals surface area contributed by atoms with Crippen LogP contribution in [0.2, 0.25) is 0 Å². The molecule has 2 rings (SSSR count). The molecule has 118 valence electrons. The largest absolute Gasteiger partial charge is 0.309 e. The topological polar surface area (TPSA) is 3.24 Å². The summed E-state index contributed by atoms with van der Waals surface area (Å²) in [5.41, 5.74) is 4.50. The molecule has 1 atom stereocenters. The van der Waals surface area contributed by atoms with Crippen LogP contribution in [0.4, 0.5) is 0 Å². The van der Waals surface area contributed by atoms with Crippen LogP contribution >= 0.6 is 0 Å². The van der Waals surface area contributed by atoms with Gasteiger partial charge in [0.1, 0.15) is 0 Å². The van der Waals surface area contributed by atoms with Crippen molar-refractivity contribution in [3.63, 3.8) is 0 Å². The lowest BCUT2D eigenvalue weighted by Gasteiger charge is -2.32. The van der Waals surface area contributed by atoms with Crippen molar-refractivity contribution >= 4 is 0 Å². The third-order valence-electron chi connectivity index (χ3n) is 4.63. The third kappa shape index (κ3) is 4.71. The summed E-state index contributed by atoms with van der Waals surface area (Å²) >= 11 is 0. The fourth-order valence-corrected chi connectivity index (χ4v) is 2.97. The minimum Gasteiger partial charge on any atom is -0.309 e. The quantitative estimate of drug-likeness (QED) is 0.706. The Kier molecular flexibility index (Phi) is 5.79. The van der Waals surface area contributed by atoms with Crippen LogP contribution in [-0.4, -0.2) is 25.5 Å². The summed E-state index contributed by atoms with van der Waals surface area (Å²) in [6, 6.07) is 19.9. The Bertz CT molecular complexity index is 573. The number of nitrogens with zero attached hydrogens (tertiary/aromatic N) is 1. The average Bonchev–Trinajstić information content (AvgIpc) is 2.52. The van der Waals surface area contributed by atoms with Gasteiger partial charge >= 0.3 is 0 Å². The molecular weight excluding hydrogens is 266 g/mol. The molecule has 0 aliphatic rings. The summed E-state index contributed by atoms with van der Waals surface area (Å²) in [5, 5.41) is 0. The molecule has 0 saturated heterocycles. The molecule has 0 radical (unpaired) electrons. The molecule has 0 saturated carbocycles. The lowest BCUT2D eigenvalue weighted by molar-refractivity contribution is 0.315. The van der Waals surface area contributed by atoms with Gasteiger partial charge in [-0.05, 0) is 63.4 Å². The van der Waals surface area contributed by atoms with Gasteiger partial charge in [-0.25, -0.2) is 0 Å². The van der Waals surface area contributed by atoms with Crippen molar-refractivity contribution in [1.82, 2.24) is 4.90 Å². The molecule has 1 heteroatoms. The predicted molar refractivity (Wildman–Crippen MR) is 96.5 cm³/mol. The highest BCUT2D eigenvalue weighted by atomic mass is 15.0. The molecule has 2 aromatic rings. The van der Waals surface area contributed by atoms with Crippen molar-refractivity contribution in [2.24, 2.45) is 0 Å². The minimum atomic E-state index is 0.228. The van der Waals surface area contributed by atoms with Crippen molar-refractivity contribution in [1.29, 1.82) is 0 Å². The molecule has 0 bridgehead atoms. The first-order valence-corrected chi connectivity index (χ1v) is 8.25. The molecule has 0 heterocycles. The van der Waals surface area contributed by atoms with E-state index in [9.17, 15) is 0 Å². The Morgan fingerprint density at radius 3 is 2.27 bits per heavy atom. The zero-order valence-electron chi connectivity index (χ0n) is 14.5. The number of aryl methyl sites for hydroxylation is 2. The molecule has 0 fully saturated rings. The lowest BCUT2D eigenvalue weighted by atomic mass is 9.74. The molecule has 1 unspecified atom stereocenters. The Labute approximate surface area is 136 Å². The van der Waals surface area contributed by atoms with Gasteiger partial charge in [-0.15, -0.1) is 0 Å². The van der Waals surface area contributed by atoms with Crippen LogP contribution in [0.5, 0.6) is 0 Å². The fourth-order valence-electron chi connectivity index (χ4n) is 2.97. The summed E-state index contributed by atoms with van der Waals surface area (Å²) < 4.78 is 0. The van der Waals surface area contributed by atoms with E-state index in [4.69, 9.17) is 0 Å². The monoisotopic (exact) mass is 295 g/mol. The molecule has 0 aliphatic heterocycles. The minimum absolute atomic E-state index is 0.228. The van der Waals surface area contributed by atoms with Gasteiger partial charge in [0.05, 0.1) is 0 Å². The Morgan fingerprint density at radius 2 is 1.64 bits per heavy atom. The smallest absolute Gasteiger partial charge is 0.00164 e. The summed E-state index contributed by atoms with van der Waals surface area (Å²) in [5.74, 6) is 0. The van der Waals surface area contributed by atoms with E-state index in [0.29, 0.717) is 0 Å². The molecule has 22 heavy (non-hydrogen) atoms. The van der Waals surface area contributed by atoms with Crippen molar-refractivity contribution in [3.05, 3.63) is 71.3 Å². The van der Waals surface area contributed by atoms with Crippen LogP contribution in [-0.2, 0) is 11.8 Å². The lowest BCUT2D eigenvalue weighted by Crippen LogP contribution is -2.28. The van der Waals surface area contributed by atoms with Crippen LogP contribution in [0.25, 0.3) is 0 Å². The van der Waals surface area contributed by atoms with Gasteiger partial charge in [-0.1, -0.05) is 67.1 Å². The molecular formula is C21H29N. The predicted octanol–water partition coefficient (Wildman–Crippen LogP) is 4.84. The van der Waals surface area contributed by atoms with E-state index in [-0.39, 0.29) is 5.41 Å². The third-order valence-corrected chi connectivity index (χ3v) is 4.63. The Balaban J connectivity index is 2.17. The number of hydrogen-bond acceptors (Lipinski definition) is 1. The van der Waals surface area contributed by atoms with Gasteiger partial charge in [0, 0.05) is 0 Å². The molecule has 0 N–H and O–H groups in total. The first-order chi connectivity index (χ1) is 10.5. The van der Waals surface area contributed by atoms with Crippen LogP contribution < -0.4 is 0 Å². The summed E-state index contributed by atoms with van der Waals surface area (Å²) in [7, 11) is 4.32. The molecule has 0 spiro atoms. The highest BCUT2D eigenvalue weighted by Gasteiger charge is 2.26. The first kappa shape index (κ1) is 16.8. The zero-order valence-corrected chi connectivity index (χ0v) is 14.5. The second kappa shape index (κ2) is 7.60. The van der Waals surface area contributed by atoms with Crippen molar-refractivity contribution in [3.8, 4) is 0 Å². The summed E-state index contributed by atoms with van der Waals surface area (Å²) in [6.45, 7) is 5.74. The van der Waals surface area contributed by atoms with Crippen LogP contribution in [0.1, 0.15) is 36.5 Å². The van der Waals surface area contributed by atoms with Crippen molar-refractivity contribution in [2.45, 2.75) is 38.5 Å². The second-order valence-corrected chi connectivity index (χ2v) is 6.97. The van der Waals surface area contributed by atoms with Gasteiger partial charge in [0.25, 0.3) is 0 Å². The maximum atomic E-state index is 2.42. The van der Waals surface area contributed by atoms with E-state index in [0.717, 1.165) is 13.0 Å². The van der Waals surface area contributed by atoms with E-state index < -0.39 is 0 Å². The molecule has 0 amide bonds.